The highest BCUT2D eigenvalue weighted by molar-refractivity contribution is 7.90. The van der Waals surface area contributed by atoms with Crippen molar-refractivity contribution < 1.29 is 8.42 Å². The molecule has 96 valence electrons. The lowest BCUT2D eigenvalue weighted by Crippen LogP contribution is -2.11. The molecule has 0 bridgehead atoms. The molecule has 0 saturated carbocycles. The molecule has 2 N–H and O–H groups in total. The van der Waals surface area contributed by atoms with Crippen LogP contribution in [0.4, 0.5) is 0 Å². The number of hydrogen-bond donors (Lipinski definition) is 1. The fourth-order valence-corrected chi connectivity index (χ4v) is 3.19. The topological polar surface area (TPSA) is 60.2 Å². The van der Waals surface area contributed by atoms with Crippen molar-refractivity contribution in [3.63, 3.8) is 0 Å². The van der Waals surface area contributed by atoms with Gasteiger partial charge in [0.15, 0.2) is 9.84 Å². The third-order valence-corrected chi connectivity index (χ3v) is 4.28. The van der Waals surface area contributed by atoms with Crippen molar-refractivity contribution in [3.8, 4) is 0 Å². The molecule has 0 fully saturated rings. The zero-order valence-corrected chi connectivity index (χ0v) is 11.3. The molecule has 0 saturated heterocycles. The van der Waals surface area contributed by atoms with Crippen LogP contribution in [0.3, 0.4) is 0 Å². The van der Waals surface area contributed by atoms with Crippen molar-refractivity contribution >= 4 is 9.84 Å². The first-order valence-electron chi connectivity index (χ1n) is 5.91. The summed E-state index contributed by atoms with van der Waals surface area (Å²) in [6, 6.07) is 7.45. The molecule has 0 spiro atoms. The summed E-state index contributed by atoms with van der Waals surface area (Å²) in [7, 11) is -2.98. The highest BCUT2D eigenvalue weighted by Gasteiger charge is 2.12. The zero-order chi connectivity index (χ0) is 12.9. The van der Waals surface area contributed by atoms with E-state index in [1.54, 1.807) is 0 Å². The first kappa shape index (κ1) is 14.2. The van der Waals surface area contributed by atoms with Crippen molar-refractivity contribution in [1.82, 2.24) is 0 Å². The molecule has 3 nitrogen and oxygen atoms in total. The van der Waals surface area contributed by atoms with Crippen LogP contribution in [0.15, 0.2) is 24.3 Å². The number of nitrogens with two attached hydrogens (primary N) is 1. The molecular weight excluding hydrogens is 234 g/mol. The number of benzene rings is 1. The van der Waals surface area contributed by atoms with Gasteiger partial charge in [-0.15, -0.1) is 0 Å². The van der Waals surface area contributed by atoms with E-state index in [-0.39, 0.29) is 11.5 Å². The molecule has 0 aliphatic heterocycles. The molecule has 0 unspecified atom stereocenters. The average molecular weight is 255 g/mol. The molecule has 0 radical (unpaired) electrons. The molecule has 0 aliphatic rings. The number of rotatable bonds is 6. The molecular formula is C13H21NO2S. The van der Waals surface area contributed by atoms with Gasteiger partial charge in [-0.05, 0) is 23.5 Å². The smallest absolute Gasteiger partial charge is 0.154 e. The van der Waals surface area contributed by atoms with Crippen LogP contribution in [-0.4, -0.2) is 14.2 Å². The maximum Gasteiger partial charge on any atom is 0.154 e. The molecule has 17 heavy (non-hydrogen) atoms. The van der Waals surface area contributed by atoms with Gasteiger partial charge in [0.05, 0.1) is 11.5 Å². The Kier molecular flexibility index (Phi) is 5.15. The summed E-state index contributed by atoms with van der Waals surface area (Å²) < 4.78 is 23.7. The number of sulfone groups is 1. The molecule has 1 aromatic carbocycles. The Balaban J connectivity index is 2.63. The van der Waals surface area contributed by atoms with E-state index < -0.39 is 9.84 Å². The maximum absolute atomic E-state index is 11.8. The van der Waals surface area contributed by atoms with Gasteiger partial charge >= 0.3 is 0 Å². The second-order valence-electron chi connectivity index (χ2n) is 4.80. The normalized spacial score (nSPS) is 12.0. The molecule has 1 rings (SSSR count). The highest BCUT2D eigenvalue weighted by Crippen LogP contribution is 2.11. The Labute approximate surface area is 104 Å². The minimum Gasteiger partial charge on any atom is -0.326 e. The summed E-state index contributed by atoms with van der Waals surface area (Å²) in [5, 5.41) is 0. The Morgan fingerprint density at radius 2 is 1.65 bits per heavy atom. The fraction of sp³-hybridized carbons (Fsp3) is 0.538. The van der Waals surface area contributed by atoms with Gasteiger partial charge in [0.2, 0.25) is 0 Å². The molecule has 4 heteroatoms. The van der Waals surface area contributed by atoms with Gasteiger partial charge in [-0.25, -0.2) is 8.42 Å². The van der Waals surface area contributed by atoms with E-state index in [0.717, 1.165) is 17.5 Å². The second kappa shape index (κ2) is 6.17. The summed E-state index contributed by atoms with van der Waals surface area (Å²) >= 11 is 0. The molecule has 0 heterocycles. The van der Waals surface area contributed by atoms with Crippen molar-refractivity contribution in [3.05, 3.63) is 35.4 Å². The summed E-state index contributed by atoms with van der Waals surface area (Å²) in [4.78, 5) is 0. The maximum atomic E-state index is 11.8. The van der Waals surface area contributed by atoms with Crippen molar-refractivity contribution in [2.45, 2.75) is 32.6 Å². The minimum absolute atomic E-state index is 0.130. The van der Waals surface area contributed by atoms with E-state index >= 15 is 0 Å². The lowest BCUT2D eigenvalue weighted by atomic mass is 10.1. The van der Waals surface area contributed by atoms with Gasteiger partial charge in [0, 0.05) is 6.54 Å². The molecule has 0 atom stereocenters. The van der Waals surface area contributed by atoms with Crippen LogP contribution in [0, 0.1) is 5.92 Å². The van der Waals surface area contributed by atoms with Crippen LogP contribution in [0.1, 0.15) is 31.4 Å². The lowest BCUT2D eigenvalue weighted by Gasteiger charge is -2.07. The summed E-state index contributed by atoms with van der Waals surface area (Å²) in [5.41, 5.74) is 7.35. The van der Waals surface area contributed by atoms with Crippen LogP contribution in [0.2, 0.25) is 0 Å². The average Bonchev–Trinajstić information content (AvgIpc) is 2.27. The van der Waals surface area contributed by atoms with Crippen molar-refractivity contribution in [2.24, 2.45) is 11.7 Å². The van der Waals surface area contributed by atoms with Crippen LogP contribution in [-0.2, 0) is 22.1 Å². The van der Waals surface area contributed by atoms with E-state index in [1.807, 2.05) is 38.1 Å². The van der Waals surface area contributed by atoms with Gasteiger partial charge in [-0.2, -0.15) is 0 Å². The summed E-state index contributed by atoms with van der Waals surface area (Å²) in [5.74, 6) is 0.817. The molecule has 0 aromatic heterocycles. The van der Waals surface area contributed by atoms with Gasteiger partial charge in [-0.3, -0.25) is 0 Å². The first-order valence-corrected chi connectivity index (χ1v) is 7.73. The van der Waals surface area contributed by atoms with Crippen molar-refractivity contribution in [1.29, 1.82) is 0 Å². The molecule has 0 aliphatic carbocycles. The van der Waals surface area contributed by atoms with Crippen LogP contribution >= 0.6 is 0 Å². The van der Waals surface area contributed by atoms with E-state index in [0.29, 0.717) is 12.5 Å². The third-order valence-electron chi connectivity index (χ3n) is 2.65. The number of hydrogen-bond acceptors (Lipinski definition) is 3. The SMILES string of the molecule is CC(C)CCS(=O)(=O)Cc1ccc(CN)cc1. The quantitative estimate of drug-likeness (QED) is 0.847. The Morgan fingerprint density at radius 3 is 2.12 bits per heavy atom. The predicted octanol–water partition coefficient (Wildman–Crippen LogP) is 2.11. The van der Waals surface area contributed by atoms with Crippen LogP contribution in [0.25, 0.3) is 0 Å². The second-order valence-corrected chi connectivity index (χ2v) is 6.98. The van der Waals surface area contributed by atoms with Gasteiger partial charge in [0.1, 0.15) is 0 Å². The predicted molar refractivity (Wildman–Crippen MR) is 71.3 cm³/mol. The van der Waals surface area contributed by atoms with Gasteiger partial charge in [0.25, 0.3) is 0 Å². The summed E-state index contributed by atoms with van der Waals surface area (Å²) in [6.07, 6.45) is 0.725. The first-order chi connectivity index (χ1) is 7.93. The lowest BCUT2D eigenvalue weighted by molar-refractivity contribution is 0.573. The van der Waals surface area contributed by atoms with E-state index in [9.17, 15) is 8.42 Å². The van der Waals surface area contributed by atoms with E-state index in [1.165, 1.54) is 0 Å². The zero-order valence-electron chi connectivity index (χ0n) is 10.5. The van der Waals surface area contributed by atoms with E-state index in [4.69, 9.17) is 5.73 Å². The monoisotopic (exact) mass is 255 g/mol. The van der Waals surface area contributed by atoms with E-state index in [2.05, 4.69) is 0 Å². The van der Waals surface area contributed by atoms with Gasteiger partial charge in [-0.1, -0.05) is 38.1 Å². The highest BCUT2D eigenvalue weighted by atomic mass is 32.2. The Bertz CT molecular complexity index is 435. The molecule has 1 aromatic rings. The van der Waals surface area contributed by atoms with Gasteiger partial charge < -0.3 is 5.73 Å². The third kappa shape index (κ3) is 5.33. The summed E-state index contributed by atoms with van der Waals surface area (Å²) in [6.45, 7) is 4.55. The van der Waals surface area contributed by atoms with Crippen molar-refractivity contribution in [2.75, 3.05) is 5.75 Å². The standard InChI is InChI=1S/C13H21NO2S/c1-11(2)7-8-17(15,16)10-13-5-3-12(9-14)4-6-13/h3-6,11H,7-10,14H2,1-2H3. The largest absolute Gasteiger partial charge is 0.326 e. The van der Waals surface area contributed by atoms with Crippen LogP contribution < -0.4 is 5.73 Å². The molecule has 0 amide bonds. The minimum atomic E-state index is -2.98. The van der Waals surface area contributed by atoms with Crippen LogP contribution in [0.5, 0.6) is 0 Å². The Morgan fingerprint density at radius 1 is 1.12 bits per heavy atom. The fourth-order valence-electron chi connectivity index (χ4n) is 1.51. The Hall–Kier alpha value is -0.870.